The number of rotatable bonds is 5. The molecule has 0 atom stereocenters. The lowest BCUT2D eigenvalue weighted by Gasteiger charge is -2.37. The lowest BCUT2D eigenvalue weighted by Crippen LogP contribution is -2.52. The molecule has 22 heavy (non-hydrogen) atoms. The Balaban J connectivity index is 1.73. The summed E-state index contributed by atoms with van der Waals surface area (Å²) in [6.07, 6.45) is 6.49. The number of carbonyl (C=O) groups excluding carboxylic acids is 2. The van der Waals surface area contributed by atoms with E-state index >= 15 is 0 Å². The Morgan fingerprint density at radius 1 is 1.09 bits per heavy atom. The zero-order valence-corrected chi connectivity index (χ0v) is 13.8. The Hall–Kier alpha value is -1.14. The molecule has 1 aliphatic heterocycles. The summed E-state index contributed by atoms with van der Waals surface area (Å²) in [6, 6.07) is 0.425. The highest BCUT2D eigenvalue weighted by Gasteiger charge is 2.26. The molecule has 126 valence electrons. The number of nitrogens with two attached hydrogens (primary N) is 1. The van der Waals surface area contributed by atoms with Crippen molar-refractivity contribution in [2.45, 2.75) is 44.6 Å². The van der Waals surface area contributed by atoms with Gasteiger partial charge in [0.05, 0.1) is 6.54 Å². The van der Waals surface area contributed by atoms with Crippen molar-refractivity contribution in [1.82, 2.24) is 14.7 Å². The summed E-state index contributed by atoms with van der Waals surface area (Å²) < 4.78 is 0. The zero-order valence-electron chi connectivity index (χ0n) is 13.8. The lowest BCUT2D eigenvalue weighted by molar-refractivity contribution is -0.135. The van der Waals surface area contributed by atoms with E-state index in [1.54, 1.807) is 0 Å². The minimum atomic E-state index is 0.132. The van der Waals surface area contributed by atoms with Gasteiger partial charge in [-0.3, -0.25) is 14.5 Å². The van der Waals surface area contributed by atoms with Gasteiger partial charge < -0.3 is 15.5 Å². The number of hydrogen-bond acceptors (Lipinski definition) is 4. The van der Waals surface area contributed by atoms with E-state index in [2.05, 4.69) is 4.90 Å². The third kappa shape index (κ3) is 4.68. The van der Waals surface area contributed by atoms with Gasteiger partial charge in [0.1, 0.15) is 0 Å². The van der Waals surface area contributed by atoms with Crippen LogP contribution in [-0.4, -0.2) is 78.9 Å². The van der Waals surface area contributed by atoms with E-state index in [9.17, 15) is 9.59 Å². The fourth-order valence-electron chi connectivity index (χ4n) is 3.41. The molecule has 0 aromatic heterocycles. The molecule has 2 fully saturated rings. The Labute approximate surface area is 133 Å². The molecule has 0 aromatic rings. The summed E-state index contributed by atoms with van der Waals surface area (Å²) in [5.74, 6) is 0.349. The van der Waals surface area contributed by atoms with Crippen molar-refractivity contribution >= 4 is 11.8 Å². The second-order valence-corrected chi connectivity index (χ2v) is 6.49. The summed E-state index contributed by atoms with van der Waals surface area (Å²) in [7, 11) is 1.94. The predicted molar refractivity (Wildman–Crippen MR) is 86.3 cm³/mol. The second-order valence-electron chi connectivity index (χ2n) is 6.49. The first-order valence-electron chi connectivity index (χ1n) is 8.57. The molecular formula is C16H30N4O2. The van der Waals surface area contributed by atoms with Gasteiger partial charge >= 0.3 is 0 Å². The van der Waals surface area contributed by atoms with E-state index in [0.29, 0.717) is 38.6 Å². The van der Waals surface area contributed by atoms with Crippen molar-refractivity contribution in [2.24, 2.45) is 5.73 Å². The predicted octanol–water partition coefficient (Wildman–Crippen LogP) is 0.271. The summed E-state index contributed by atoms with van der Waals surface area (Å²) in [4.78, 5) is 30.2. The average Bonchev–Trinajstić information content (AvgIpc) is 2.55. The van der Waals surface area contributed by atoms with Gasteiger partial charge in [0, 0.05) is 52.2 Å². The molecule has 6 heteroatoms. The molecule has 0 radical (unpaired) electrons. The van der Waals surface area contributed by atoms with Gasteiger partial charge in [0.2, 0.25) is 11.8 Å². The standard InChI is InChI=1S/C16H30N4O2/c1-18(14-5-3-2-4-6-14)16(22)13-19-9-11-20(12-10-19)15(21)7-8-17/h14H,2-13,17H2,1H3. The molecule has 2 amide bonds. The van der Waals surface area contributed by atoms with Crippen LogP contribution in [-0.2, 0) is 9.59 Å². The maximum Gasteiger partial charge on any atom is 0.236 e. The van der Waals surface area contributed by atoms with E-state index < -0.39 is 0 Å². The summed E-state index contributed by atoms with van der Waals surface area (Å²) >= 11 is 0. The summed E-state index contributed by atoms with van der Waals surface area (Å²) in [6.45, 7) is 3.86. The van der Waals surface area contributed by atoms with Crippen LogP contribution in [0.2, 0.25) is 0 Å². The van der Waals surface area contributed by atoms with Gasteiger partial charge in [0.15, 0.2) is 0 Å². The molecule has 0 bridgehead atoms. The number of nitrogens with zero attached hydrogens (tertiary/aromatic N) is 3. The first kappa shape index (κ1) is 17.2. The second kappa shape index (κ2) is 8.48. The number of carbonyl (C=O) groups is 2. The number of piperazine rings is 1. The normalized spacial score (nSPS) is 20.9. The van der Waals surface area contributed by atoms with Gasteiger partial charge in [-0.05, 0) is 12.8 Å². The Bertz CT molecular complexity index is 374. The number of likely N-dealkylation sites (N-methyl/N-ethyl adjacent to an activating group) is 1. The summed E-state index contributed by atoms with van der Waals surface area (Å²) in [5.41, 5.74) is 5.43. The van der Waals surface area contributed by atoms with Gasteiger partial charge in [-0.1, -0.05) is 19.3 Å². The molecule has 0 aromatic carbocycles. The minimum absolute atomic E-state index is 0.132. The summed E-state index contributed by atoms with van der Waals surface area (Å²) in [5, 5.41) is 0. The number of amides is 2. The minimum Gasteiger partial charge on any atom is -0.342 e. The van der Waals surface area contributed by atoms with Crippen LogP contribution >= 0.6 is 0 Å². The molecule has 1 heterocycles. The molecule has 1 saturated heterocycles. The van der Waals surface area contributed by atoms with Gasteiger partial charge in [0.25, 0.3) is 0 Å². The van der Waals surface area contributed by atoms with Gasteiger partial charge in [-0.25, -0.2) is 0 Å². The molecular weight excluding hydrogens is 280 g/mol. The third-order valence-electron chi connectivity index (χ3n) is 4.96. The highest BCUT2D eigenvalue weighted by molar-refractivity contribution is 5.78. The van der Waals surface area contributed by atoms with Crippen LogP contribution in [0.5, 0.6) is 0 Å². The van der Waals surface area contributed by atoms with Crippen LogP contribution in [0.4, 0.5) is 0 Å². The highest BCUT2D eigenvalue weighted by atomic mass is 16.2. The van der Waals surface area contributed by atoms with Crippen molar-refractivity contribution in [2.75, 3.05) is 46.3 Å². The fourth-order valence-corrected chi connectivity index (χ4v) is 3.41. The van der Waals surface area contributed by atoms with Crippen molar-refractivity contribution in [3.05, 3.63) is 0 Å². The fraction of sp³-hybridized carbons (Fsp3) is 0.875. The maximum absolute atomic E-state index is 12.4. The highest BCUT2D eigenvalue weighted by Crippen LogP contribution is 2.21. The first-order valence-corrected chi connectivity index (χ1v) is 8.57. The Kier molecular flexibility index (Phi) is 6.64. The van der Waals surface area contributed by atoms with Crippen LogP contribution in [0, 0.1) is 0 Å². The molecule has 6 nitrogen and oxygen atoms in total. The monoisotopic (exact) mass is 310 g/mol. The van der Waals surface area contributed by atoms with Crippen LogP contribution < -0.4 is 5.73 Å². The van der Waals surface area contributed by atoms with Gasteiger partial charge in [-0.15, -0.1) is 0 Å². The topological polar surface area (TPSA) is 69.9 Å². The zero-order chi connectivity index (χ0) is 15.9. The van der Waals surface area contributed by atoms with E-state index in [1.165, 1.54) is 19.3 Å². The van der Waals surface area contributed by atoms with Crippen LogP contribution in [0.25, 0.3) is 0 Å². The van der Waals surface area contributed by atoms with E-state index in [1.807, 2.05) is 16.8 Å². The van der Waals surface area contributed by atoms with Crippen molar-refractivity contribution in [3.63, 3.8) is 0 Å². The van der Waals surface area contributed by atoms with Crippen LogP contribution in [0.3, 0.4) is 0 Å². The largest absolute Gasteiger partial charge is 0.342 e. The first-order chi connectivity index (χ1) is 10.6. The van der Waals surface area contributed by atoms with Gasteiger partial charge in [-0.2, -0.15) is 0 Å². The molecule has 1 aliphatic carbocycles. The van der Waals surface area contributed by atoms with E-state index in [-0.39, 0.29) is 11.8 Å². The van der Waals surface area contributed by atoms with Crippen molar-refractivity contribution in [3.8, 4) is 0 Å². The molecule has 1 saturated carbocycles. The molecule has 2 N–H and O–H groups in total. The van der Waals surface area contributed by atoms with Crippen molar-refractivity contribution < 1.29 is 9.59 Å². The lowest BCUT2D eigenvalue weighted by atomic mass is 9.94. The number of hydrogen-bond donors (Lipinski definition) is 1. The quantitative estimate of drug-likeness (QED) is 0.791. The smallest absolute Gasteiger partial charge is 0.236 e. The SMILES string of the molecule is CN(C(=O)CN1CCN(C(=O)CCN)CC1)C1CCCCC1. The van der Waals surface area contributed by atoms with E-state index in [0.717, 1.165) is 25.9 Å². The average molecular weight is 310 g/mol. The third-order valence-corrected chi connectivity index (χ3v) is 4.96. The van der Waals surface area contributed by atoms with Crippen LogP contribution in [0.1, 0.15) is 38.5 Å². The maximum atomic E-state index is 12.4. The molecule has 2 rings (SSSR count). The van der Waals surface area contributed by atoms with Crippen LogP contribution in [0.15, 0.2) is 0 Å². The molecule has 0 unspecified atom stereocenters. The van der Waals surface area contributed by atoms with Crippen molar-refractivity contribution in [1.29, 1.82) is 0 Å². The Morgan fingerprint density at radius 2 is 1.73 bits per heavy atom. The molecule has 2 aliphatic rings. The van der Waals surface area contributed by atoms with E-state index in [4.69, 9.17) is 5.73 Å². The Morgan fingerprint density at radius 3 is 2.32 bits per heavy atom. The molecule has 0 spiro atoms.